The van der Waals surface area contributed by atoms with Gasteiger partial charge in [0.2, 0.25) is 5.91 Å². The van der Waals surface area contributed by atoms with Crippen molar-refractivity contribution in [2.45, 2.75) is 22.1 Å². The average molecular weight is 603 g/mol. The number of pyridine rings is 1. The molecule has 3 aromatic carbocycles. The third kappa shape index (κ3) is 5.86. The highest BCUT2D eigenvalue weighted by molar-refractivity contribution is 8.01. The molecule has 6 rings (SSSR count). The van der Waals surface area contributed by atoms with Crippen LogP contribution in [0.2, 0.25) is 5.02 Å². The molecule has 2 N–H and O–H groups in total. The molecule has 1 aromatic heterocycles. The van der Waals surface area contributed by atoms with E-state index < -0.39 is 16.7 Å². The summed E-state index contributed by atoms with van der Waals surface area (Å²) in [6.07, 6.45) is 0.00472. The number of rotatable bonds is 7. The first-order valence-electron chi connectivity index (χ1n) is 13.6. The first kappa shape index (κ1) is 28.2. The lowest BCUT2D eigenvalue weighted by Gasteiger charge is -2.40. The molecule has 0 aliphatic carbocycles. The van der Waals surface area contributed by atoms with Crippen LogP contribution in [0.3, 0.4) is 0 Å². The van der Waals surface area contributed by atoms with E-state index in [4.69, 9.17) is 21.3 Å². The highest BCUT2D eigenvalue weighted by Crippen LogP contribution is 2.41. The van der Waals surface area contributed by atoms with Gasteiger partial charge in [0.15, 0.2) is 5.78 Å². The van der Waals surface area contributed by atoms with Crippen molar-refractivity contribution < 1.29 is 18.7 Å². The number of amides is 1. The molecule has 0 radical (unpaired) electrons. The molecule has 42 heavy (non-hydrogen) atoms. The summed E-state index contributed by atoms with van der Waals surface area (Å²) in [6.45, 7) is 2.91. The van der Waals surface area contributed by atoms with E-state index in [2.05, 4.69) is 15.5 Å². The van der Waals surface area contributed by atoms with Crippen LogP contribution in [-0.2, 0) is 19.9 Å². The molecule has 7 nitrogen and oxygen atoms in total. The Morgan fingerprint density at radius 1 is 0.952 bits per heavy atom. The fourth-order valence-corrected chi connectivity index (χ4v) is 6.53. The first-order valence-corrected chi connectivity index (χ1v) is 14.9. The molecule has 0 saturated carbocycles. The zero-order chi connectivity index (χ0) is 29.1. The van der Waals surface area contributed by atoms with Gasteiger partial charge in [0, 0.05) is 35.8 Å². The summed E-state index contributed by atoms with van der Waals surface area (Å²) >= 11 is 7.50. The number of carbonyl (C=O) groups excluding carboxylic acids is 2. The normalized spacial score (nSPS) is 20.7. The molecular formula is C32H28ClFN4O3S. The zero-order valence-corrected chi connectivity index (χ0v) is 24.1. The number of anilines is 3. The maximum atomic E-state index is 13.8. The van der Waals surface area contributed by atoms with Gasteiger partial charge in [0.25, 0.3) is 0 Å². The number of hydrogen-bond acceptors (Lipinski definition) is 7. The van der Waals surface area contributed by atoms with E-state index in [1.807, 2.05) is 36.4 Å². The van der Waals surface area contributed by atoms with Crippen LogP contribution in [0.15, 0.2) is 95.9 Å². The second kappa shape index (κ2) is 12.1. The lowest BCUT2D eigenvalue weighted by atomic mass is 9.78. The summed E-state index contributed by atoms with van der Waals surface area (Å²) in [5, 5.41) is 5.91. The number of hydrogen-bond donors (Lipinski definition) is 2. The number of aromatic nitrogens is 1. The van der Waals surface area contributed by atoms with Gasteiger partial charge in [0.05, 0.1) is 23.9 Å². The van der Waals surface area contributed by atoms with Crippen molar-refractivity contribution in [2.24, 2.45) is 0 Å². The van der Waals surface area contributed by atoms with E-state index in [9.17, 15) is 14.0 Å². The molecule has 0 bridgehead atoms. The topological polar surface area (TPSA) is 83.6 Å². The van der Waals surface area contributed by atoms with Crippen LogP contribution < -0.4 is 15.5 Å². The number of halogens is 2. The van der Waals surface area contributed by atoms with Crippen molar-refractivity contribution in [1.82, 2.24) is 10.3 Å². The number of piperidine rings is 1. The molecule has 2 fully saturated rings. The van der Waals surface area contributed by atoms with Crippen LogP contribution in [-0.4, -0.2) is 48.2 Å². The predicted molar refractivity (Wildman–Crippen MR) is 163 cm³/mol. The average Bonchev–Trinajstić information content (AvgIpc) is 3.01. The number of nitrogens with zero attached hydrogens (tertiary/aromatic N) is 2. The van der Waals surface area contributed by atoms with E-state index in [-0.39, 0.29) is 18.0 Å². The summed E-state index contributed by atoms with van der Waals surface area (Å²) in [4.78, 5) is 35.2. The quantitative estimate of drug-likeness (QED) is 0.253. The molecule has 2 aliphatic heterocycles. The van der Waals surface area contributed by atoms with Gasteiger partial charge >= 0.3 is 0 Å². The number of ether oxygens (including phenoxy) is 1. The third-order valence-corrected chi connectivity index (χ3v) is 9.19. The minimum Gasteiger partial charge on any atom is -0.378 e. The molecule has 3 heterocycles. The molecule has 2 unspecified atom stereocenters. The third-order valence-electron chi connectivity index (χ3n) is 7.43. The van der Waals surface area contributed by atoms with Crippen LogP contribution in [0.25, 0.3) is 0 Å². The summed E-state index contributed by atoms with van der Waals surface area (Å²) in [7, 11) is 0. The van der Waals surface area contributed by atoms with Crippen molar-refractivity contribution in [3.05, 3.63) is 113 Å². The highest BCUT2D eigenvalue weighted by atomic mass is 35.5. The number of nitrogens with one attached hydrogen (secondary N) is 2. The van der Waals surface area contributed by atoms with Crippen LogP contribution >= 0.6 is 23.4 Å². The number of morpholine rings is 1. The number of thioether (sulfide) groups is 1. The Kier molecular flexibility index (Phi) is 8.15. The fraction of sp³-hybridized carbons (Fsp3) is 0.219. The van der Waals surface area contributed by atoms with Gasteiger partial charge in [-0.05, 0) is 66.2 Å². The Morgan fingerprint density at radius 3 is 2.40 bits per heavy atom. The summed E-state index contributed by atoms with van der Waals surface area (Å²) in [5.41, 5.74) is 1.75. The number of carbonyl (C=O) groups is 2. The molecule has 2 aliphatic rings. The van der Waals surface area contributed by atoms with Crippen LogP contribution in [0.4, 0.5) is 21.6 Å². The van der Waals surface area contributed by atoms with E-state index in [1.54, 1.807) is 42.5 Å². The lowest BCUT2D eigenvalue weighted by Crippen LogP contribution is -2.58. The van der Waals surface area contributed by atoms with Gasteiger partial charge in [-0.1, -0.05) is 41.9 Å². The van der Waals surface area contributed by atoms with Gasteiger partial charge in [-0.15, -0.1) is 11.8 Å². The maximum Gasteiger partial charge on any atom is 0.242 e. The monoisotopic (exact) mass is 602 g/mol. The van der Waals surface area contributed by atoms with Crippen LogP contribution in [0.5, 0.6) is 0 Å². The second-order valence-electron chi connectivity index (χ2n) is 10.2. The highest BCUT2D eigenvalue weighted by Gasteiger charge is 2.48. The molecular weight excluding hydrogens is 575 g/mol. The molecule has 10 heteroatoms. The van der Waals surface area contributed by atoms with Crippen molar-refractivity contribution in [1.29, 1.82) is 0 Å². The van der Waals surface area contributed by atoms with Crippen molar-refractivity contribution >= 4 is 52.2 Å². The van der Waals surface area contributed by atoms with E-state index in [1.165, 1.54) is 12.1 Å². The Bertz CT molecular complexity index is 1580. The second-order valence-corrected chi connectivity index (χ2v) is 11.7. The number of Topliss-reactive ketones (excluding diaryl/α,β-unsaturated/α-hetero) is 1. The van der Waals surface area contributed by atoms with Crippen LogP contribution in [0, 0.1) is 5.82 Å². The van der Waals surface area contributed by atoms with Crippen molar-refractivity contribution in [2.75, 3.05) is 36.5 Å². The molecule has 1 amide bonds. The summed E-state index contributed by atoms with van der Waals surface area (Å²) in [5.74, 6) is -0.473. The van der Waals surface area contributed by atoms with E-state index in [0.717, 1.165) is 36.1 Å². The standard InChI is InChI=1S/C32H28ClFN4O3S/c33-25-4-1-2-5-27(25)42-30-26(39)20-32(37-31(30)40,21-8-14-24(15-9-21)38-16-18-41-19-17-38)28-6-3-7-29(36-28)35-23-12-10-22(34)11-13-23/h1-15,30H,16-20H2,(H,35,36)(H,37,40). The van der Waals surface area contributed by atoms with Crippen molar-refractivity contribution in [3.63, 3.8) is 0 Å². The molecule has 2 atom stereocenters. The van der Waals surface area contributed by atoms with E-state index in [0.29, 0.717) is 40.3 Å². The SMILES string of the molecule is O=C1CC(c2ccc(N3CCOCC3)cc2)(c2cccc(Nc3ccc(F)cc3)n2)NC(=O)C1Sc1ccccc1Cl. The minimum absolute atomic E-state index is 0.00472. The molecule has 214 valence electrons. The molecule has 4 aromatic rings. The minimum atomic E-state index is -1.20. The fourth-order valence-electron chi connectivity index (χ4n) is 5.28. The zero-order valence-electron chi connectivity index (χ0n) is 22.6. The summed E-state index contributed by atoms with van der Waals surface area (Å²) in [6, 6.07) is 26.4. The van der Waals surface area contributed by atoms with Gasteiger partial charge < -0.3 is 20.3 Å². The maximum absolute atomic E-state index is 13.8. The van der Waals surface area contributed by atoms with E-state index >= 15 is 0 Å². The molecule has 0 spiro atoms. The number of benzene rings is 3. The Morgan fingerprint density at radius 2 is 1.69 bits per heavy atom. The van der Waals surface area contributed by atoms with Gasteiger partial charge in [-0.25, -0.2) is 9.37 Å². The molecule has 2 saturated heterocycles. The van der Waals surface area contributed by atoms with Crippen LogP contribution in [0.1, 0.15) is 17.7 Å². The van der Waals surface area contributed by atoms with Gasteiger partial charge in [-0.3, -0.25) is 9.59 Å². The van der Waals surface area contributed by atoms with Crippen molar-refractivity contribution in [3.8, 4) is 0 Å². The van der Waals surface area contributed by atoms with Gasteiger partial charge in [-0.2, -0.15) is 0 Å². The first-order chi connectivity index (χ1) is 20.4. The van der Waals surface area contributed by atoms with Gasteiger partial charge in [0.1, 0.15) is 22.4 Å². The Hall–Kier alpha value is -3.92. The largest absolute Gasteiger partial charge is 0.378 e. The lowest BCUT2D eigenvalue weighted by molar-refractivity contribution is -0.133. The Balaban J connectivity index is 1.36. The predicted octanol–water partition coefficient (Wildman–Crippen LogP) is 5.95. The summed E-state index contributed by atoms with van der Waals surface area (Å²) < 4.78 is 18.9. The smallest absolute Gasteiger partial charge is 0.242 e. The Labute approximate surface area is 252 Å². The number of ketones is 1.